The molecule has 1 rings (SSSR count). The van der Waals surface area contributed by atoms with Crippen LogP contribution in [-0.2, 0) is 9.59 Å². The number of piperazine rings is 1. The molecule has 1 saturated heterocycles. The molecule has 0 unspecified atom stereocenters. The Balaban J connectivity index is 2.81. The number of carbonyl (C=O) groups excluding carboxylic acids is 2. The fourth-order valence-electron chi connectivity index (χ4n) is 1.48. The Kier molecular flexibility index (Phi) is 3.28. The summed E-state index contributed by atoms with van der Waals surface area (Å²) in [6.45, 7) is 8.52. The average Bonchev–Trinajstić information content (AvgIpc) is 2.14. The van der Waals surface area contributed by atoms with Gasteiger partial charge in [0.1, 0.15) is 0 Å². The monoisotopic (exact) mass is 227 g/mol. The van der Waals surface area contributed by atoms with Gasteiger partial charge in [0.05, 0.1) is 12.0 Å². The molecule has 5 nitrogen and oxygen atoms in total. The van der Waals surface area contributed by atoms with Crippen molar-refractivity contribution in [2.45, 2.75) is 33.2 Å². The van der Waals surface area contributed by atoms with E-state index in [4.69, 9.17) is 5.73 Å². The second-order valence-electron chi connectivity index (χ2n) is 5.42. The highest BCUT2D eigenvalue weighted by Crippen LogP contribution is 2.30. The first-order valence-corrected chi connectivity index (χ1v) is 5.51. The minimum atomic E-state index is -0.676. The van der Waals surface area contributed by atoms with Crippen molar-refractivity contribution in [1.29, 1.82) is 0 Å². The molecule has 0 radical (unpaired) electrons. The van der Waals surface area contributed by atoms with Crippen molar-refractivity contribution in [3.05, 3.63) is 0 Å². The van der Waals surface area contributed by atoms with E-state index in [9.17, 15) is 9.59 Å². The summed E-state index contributed by atoms with van der Waals surface area (Å²) < 4.78 is 0. The van der Waals surface area contributed by atoms with Crippen LogP contribution in [-0.4, -0.2) is 41.9 Å². The molecule has 1 fully saturated rings. The lowest BCUT2D eigenvalue weighted by Gasteiger charge is -2.41. The van der Waals surface area contributed by atoms with Crippen molar-refractivity contribution in [3.63, 3.8) is 0 Å². The highest BCUT2D eigenvalue weighted by atomic mass is 16.2. The predicted octanol–water partition coefficient (Wildman–Crippen LogP) is -0.292. The first kappa shape index (κ1) is 13.0. The number of rotatable bonds is 2. The second kappa shape index (κ2) is 4.05. The molecule has 0 atom stereocenters. The average molecular weight is 227 g/mol. The number of carbonyl (C=O) groups is 2. The summed E-state index contributed by atoms with van der Waals surface area (Å²) in [5.41, 5.74) is 4.72. The fourth-order valence-corrected chi connectivity index (χ4v) is 1.48. The molecule has 16 heavy (non-hydrogen) atoms. The first-order valence-electron chi connectivity index (χ1n) is 5.51. The van der Waals surface area contributed by atoms with Crippen LogP contribution in [0.5, 0.6) is 0 Å². The van der Waals surface area contributed by atoms with Gasteiger partial charge < -0.3 is 16.0 Å². The number of amides is 2. The van der Waals surface area contributed by atoms with E-state index in [0.717, 1.165) is 0 Å². The Morgan fingerprint density at radius 1 is 1.38 bits per heavy atom. The first-order chi connectivity index (χ1) is 7.16. The molecule has 1 aliphatic heterocycles. The van der Waals surface area contributed by atoms with E-state index >= 15 is 0 Å². The highest BCUT2D eigenvalue weighted by molar-refractivity contribution is 5.89. The molecule has 0 aromatic rings. The van der Waals surface area contributed by atoms with Crippen LogP contribution in [0.3, 0.4) is 0 Å². The molecule has 0 bridgehead atoms. The molecule has 0 aliphatic carbocycles. The predicted molar refractivity (Wildman–Crippen MR) is 61.6 cm³/mol. The zero-order valence-electron chi connectivity index (χ0n) is 10.5. The Labute approximate surface area is 96.4 Å². The number of nitrogens with two attached hydrogens (primary N) is 1. The maximum absolute atomic E-state index is 12.3. The second-order valence-corrected chi connectivity index (χ2v) is 5.42. The van der Waals surface area contributed by atoms with E-state index in [1.165, 1.54) is 0 Å². The third-order valence-corrected chi connectivity index (χ3v) is 3.47. The smallest absolute Gasteiger partial charge is 0.239 e. The van der Waals surface area contributed by atoms with Gasteiger partial charge in [0.2, 0.25) is 11.8 Å². The normalized spacial score (nSPS) is 18.3. The molecule has 92 valence electrons. The topological polar surface area (TPSA) is 75.4 Å². The van der Waals surface area contributed by atoms with Crippen molar-refractivity contribution in [3.8, 4) is 0 Å². The summed E-state index contributed by atoms with van der Waals surface area (Å²) in [4.78, 5) is 25.1. The Morgan fingerprint density at radius 3 is 2.38 bits per heavy atom. The Morgan fingerprint density at radius 2 is 1.94 bits per heavy atom. The van der Waals surface area contributed by atoms with E-state index in [1.54, 1.807) is 4.90 Å². The SMILES string of the molecule is CC(C)(N)C(C)(C)C(=O)N1CCNC(=O)C1. The Hall–Kier alpha value is -1.10. The van der Waals surface area contributed by atoms with E-state index < -0.39 is 11.0 Å². The van der Waals surface area contributed by atoms with Crippen LogP contribution in [0.1, 0.15) is 27.7 Å². The van der Waals surface area contributed by atoms with Crippen molar-refractivity contribution in [2.24, 2.45) is 11.1 Å². The molecule has 5 heteroatoms. The van der Waals surface area contributed by atoms with Gasteiger partial charge in [-0.2, -0.15) is 0 Å². The van der Waals surface area contributed by atoms with Gasteiger partial charge in [0.25, 0.3) is 0 Å². The molecule has 1 aliphatic rings. The van der Waals surface area contributed by atoms with Crippen LogP contribution in [0.15, 0.2) is 0 Å². The van der Waals surface area contributed by atoms with Gasteiger partial charge in [0.15, 0.2) is 0 Å². The molecule has 0 saturated carbocycles. The van der Waals surface area contributed by atoms with Crippen LogP contribution in [0.4, 0.5) is 0 Å². The molecule has 3 N–H and O–H groups in total. The number of nitrogens with zero attached hydrogens (tertiary/aromatic N) is 1. The van der Waals surface area contributed by atoms with Gasteiger partial charge in [0, 0.05) is 18.6 Å². The largest absolute Gasteiger partial charge is 0.353 e. The summed E-state index contributed by atoms with van der Waals surface area (Å²) in [5.74, 6) is -0.167. The van der Waals surface area contributed by atoms with Gasteiger partial charge in [-0.05, 0) is 27.7 Å². The van der Waals surface area contributed by atoms with Gasteiger partial charge in [-0.15, -0.1) is 0 Å². The van der Waals surface area contributed by atoms with Gasteiger partial charge in [-0.3, -0.25) is 9.59 Å². The van der Waals surface area contributed by atoms with Crippen LogP contribution in [0.25, 0.3) is 0 Å². The zero-order valence-corrected chi connectivity index (χ0v) is 10.5. The molecular formula is C11H21N3O2. The lowest BCUT2D eigenvalue weighted by Crippen LogP contribution is -2.60. The molecule has 1 heterocycles. The quantitative estimate of drug-likeness (QED) is 0.680. The van der Waals surface area contributed by atoms with Crippen LogP contribution < -0.4 is 11.1 Å². The standard InChI is InChI=1S/C11H21N3O2/c1-10(2,11(3,4)12)9(16)14-6-5-13-8(15)7-14/h5-7,12H2,1-4H3,(H,13,15). The van der Waals surface area contributed by atoms with Crippen molar-refractivity contribution >= 4 is 11.8 Å². The number of hydrogen-bond acceptors (Lipinski definition) is 3. The maximum Gasteiger partial charge on any atom is 0.239 e. The van der Waals surface area contributed by atoms with Crippen LogP contribution in [0, 0.1) is 5.41 Å². The molecular weight excluding hydrogens is 206 g/mol. The summed E-state index contributed by atoms with van der Waals surface area (Å²) in [7, 11) is 0. The summed E-state index contributed by atoms with van der Waals surface area (Å²) in [6.07, 6.45) is 0. The fraction of sp³-hybridized carbons (Fsp3) is 0.818. The maximum atomic E-state index is 12.3. The summed E-state index contributed by atoms with van der Waals surface area (Å²) >= 11 is 0. The minimum absolute atomic E-state index is 0.0603. The van der Waals surface area contributed by atoms with Gasteiger partial charge in [-0.1, -0.05) is 0 Å². The van der Waals surface area contributed by atoms with Crippen LogP contribution >= 0.6 is 0 Å². The zero-order chi connectivity index (χ0) is 12.6. The van der Waals surface area contributed by atoms with Gasteiger partial charge in [-0.25, -0.2) is 0 Å². The van der Waals surface area contributed by atoms with E-state index in [1.807, 2.05) is 27.7 Å². The third-order valence-electron chi connectivity index (χ3n) is 3.47. The molecule has 0 aromatic heterocycles. The lowest BCUT2D eigenvalue weighted by atomic mass is 9.74. The summed E-state index contributed by atoms with van der Waals surface area (Å²) in [5, 5.41) is 2.69. The van der Waals surface area contributed by atoms with E-state index in [-0.39, 0.29) is 18.4 Å². The highest BCUT2D eigenvalue weighted by Gasteiger charge is 2.43. The number of nitrogens with one attached hydrogen (secondary N) is 1. The summed E-state index contributed by atoms with van der Waals surface area (Å²) in [6, 6.07) is 0. The lowest BCUT2D eigenvalue weighted by molar-refractivity contribution is -0.147. The van der Waals surface area contributed by atoms with Crippen LogP contribution in [0.2, 0.25) is 0 Å². The van der Waals surface area contributed by atoms with Crippen molar-refractivity contribution in [2.75, 3.05) is 19.6 Å². The van der Waals surface area contributed by atoms with Crippen molar-refractivity contribution < 1.29 is 9.59 Å². The molecule has 2 amide bonds. The molecule has 0 aromatic carbocycles. The molecule has 0 spiro atoms. The Bertz CT molecular complexity index is 305. The third kappa shape index (κ3) is 2.35. The van der Waals surface area contributed by atoms with E-state index in [2.05, 4.69) is 5.32 Å². The van der Waals surface area contributed by atoms with Gasteiger partial charge >= 0.3 is 0 Å². The minimum Gasteiger partial charge on any atom is -0.353 e. The number of hydrogen-bond donors (Lipinski definition) is 2. The van der Waals surface area contributed by atoms with Crippen molar-refractivity contribution in [1.82, 2.24) is 10.2 Å². The van der Waals surface area contributed by atoms with E-state index in [0.29, 0.717) is 13.1 Å².